The van der Waals surface area contributed by atoms with Crippen LogP contribution in [0.1, 0.15) is 24.2 Å². The number of thioether (sulfide) groups is 1. The van der Waals surface area contributed by atoms with Crippen LogP contribution in [0, 0.1) is 0 Å². The van der Waals surface area contributed by atoms with Crippen LogP contribution in [-0.4, -0.2) is 42.3 Å². The fourth-order valence-corrected chi connectivity index (χ4v) is 2.74. The van der Waals surface area contributed by atoms with Crippen molar-refractivity contribution in [3.63, 3.8) is 0 Å². The van der Waals surface area contributed by atoms with Crippen LogP contribution < -0.4 is 0 Å². The fourth-order valence-electron chi connectivity index (χ4n) is 1.64. The summed E-state index contributed by atoms with van der Waals surface area (Å²) in [7, 11) is 1.75. The van der Waals surface area contributed by atoms with Crippen molar-refractivity contribution >= 4 is 28.8 Å². The Hall–Kier alpha value is -1.60. The molecule has 6 nitrogen and oxygen atoms in total. The largest absolute Gasteiger partial charge is 0.478 e. The number of pyridine rings is 1. The van der Waals surface area contributed by atoms with Gasteiger partial charge in [-0.1, -0.05) is 6.92 Å². The molecule has 0 aromatic carbocycles. The number of aromatic nitrogens is 3. The van der Waals surface area contributed by atoms with Crippen LogP contribution in [-0.2, 0) is 7.05 Å². The van der Waals surface area contributed by atoms with E-state index in [2.05, 4.69) is 10.1 Å². The van der Waals surface area contributed by atoms with E-state index in [-0.39, 0.29) is 10.8 Å². The van der Waals surface area contributed by atoms with Crippen LogP contribution >= 0.6 is 11.8 Å². The average Bonchev–Trinajstić information content (AvgIpc) is 2.71. The zero-order chi connectivity index (χ0) is 14.2. The number of aliphatic hydroxyl groups excluding tert-OH is 1. The molecule has 0 saturated carbocycles. The molecular weight excluding hydrogens is 266 g/mol. The summed E-state index contributed by atoms with van der Waals surface area (Å²) in [5.74, 6) is -1.03. The predicted molar refractivity (Wildman–Crippen MR) is 72.5 cm³/mol. The number of aliphatic hydroxyl groups is 1. The third-order valence-corrected chi connectivity index (χ3v) is 4.37. The smallest absolute Gasteiger partial charge is 0.338 e. The Morgan fingerprint density at radius 1 is 1.42 bits per heavy atom. The third kappa shape index (κ3) is 2.57. The number of hydrogen-bond donors (Lipinski definition) is 2. The molecule has 0 aliphatic heterocycles. The molecular formula is C12H15N3O3S. The van der Waals surface area contributed by atoms with Gasteiger partial charge in [0.05, 0.1) is 23.3 Å². The van der Waals surface area contributed by atoms with Crippen molar-refractivity contribution in [3.05, 3.63) is 18.0 Å². The Morgan fingerprint density at radius 2 is 2.11 bits per heavy atom. The molecule has 0 fully saturated rings. The van der Waals surface area contributed by atoms with E-state index in [9.17, 15) is 15.0 Å². The van der Waals surface area contributed by atoms with Crippen molar-refractivity contribution in [2.24, 2.45) is 7.05 Å². The van der Waals surface area contributed by atoms with Gasteiger partial charge in [-0.05, 0) is 6.92 Å². The van der Waals surface area contributed by atoms with E-state index in [1.54, 1.807) is 24.9 Å². The lowest BCUT2D eigenvalue weighted by atomic mass is 10.2. The first-order valence-corrected chi connectivity index (χ1v) is 6.68. The van der Waals surface area contributed by atoms with Gasteiger partial charge in [-0.3, -0.25) is 4.68 Å². The van der Waals surface area contributed by atoms with Gasteiger partial charge < -0.3 is 10.2 Å². The van der Waals surface area contributed by atoms with E-state index in [4.69, 9.17) is 0 Å². The third-order valence-electron chi connectivity index (χ3n) is 2.93. The van der Waals surface area contributed by atoms with E-state index in [0.29, 0.717) is 15.9 Å². The summed E-state index contributed by atoms with van der Waals surface area (Å²) in [6, 6.07) is 0. The summed E-state index contributed by atoms with van der Waals surface area (Å²) in [5, 5.41) is 23.5. The summed E-state index contributed by atoms with van der Waals surface area (Å²) in [6.07, 6.45) is 2.40. The zero-order valence-electron chi connectivity index (χ0n) is 10.9. The molecule has 19 heavy (non-hydrogen) atoms. The number of hydrogen-bond acceptors (Lipinski definition) is 5. The van der Waals surface area contributed by atoms with E-state index >= 15 is 0 Å². The minimum Gasteiger partial charge on any atom is -0.478 e. The van der Waals surface area contributed by atoms with Crippen molar-refractivity contribution in [1.82, 2.24) is 14.8 Å². The average molecular weight is 281 g/mol. The van der Waals surface area contributed by atoms with Crippen molar-refractivity contribution in [2.45, 2.75) is 30.1 Å². The Morgan fingerprint density at radius 3 is 2.68 bits per heavy atom. The maximum atomic E-state index is 11.3. The normalized spacial score (nSPS) is 14.5. The molecule has 2 N–H and O–H groups in total. The molecule has 0 aliphatic rings. The van der Waals surface area contributed by atoms with Gasteiger partial charge in [0, 0.05) is 23.4 Å². The maximum Gasteiger partial charge on any atom is 0.338 e. The second-order valence-electron chi connectivity index (χ2n) is 4.38. The first-order valence-electron chi connectivity index (χ1n) is 5.80. The monoisotopic (exact) mass is 281 g/mol. The summed E-state index contributed by atoms with van der Waals surface area (Å²) >= 11 is 1.33. The molecule has 0 aliphatic carbocycles. The minimum absolute atomic E-state index is 0.121. The van der Waals surface area contributed by atoms with Crippen LogP contribution in [0.5, 0.6) is 0 Å². The van der Waals surface area contributed by atoms with Gasteiger partial charge >= 0.3 is 5.97 Å². The Balaban J connectivity index is 2.59. The van der Waals surface area contributed by atoms with Crippen LogP contribution in [0.2, 0.25) is 0 Å². The number of rotatable bonds is 4. The Bertz CT molecular complexity index is 624. The number of fused-ring (bicyclic) bond motifs is 1. The lowest BCUT2D eigenvalue weighted by Crippen LogP contribution is -2.16. The number of carboxylic acid groups (broad SMARTS) is 1. The van der Waals surface area contributed by atoms with Gasteiger partial charge in [-0.2, -0.15) is 5.10 Å². The van der Waals surface area contributed by atoms with Gasteiger partial charge in [-0.25, -0.2) is 9.78 Å². The number of nitrogens with zero attached hydrogens (tertiary/aromatic N) is 3. The van der Waals surface area contributed by atoms with Gasteiger partial charge in [0.25, 0.3) is 0 Å². The Kier molecular flexibility index (Phi) is 3.77. The highest BCUT2D eigenvalue weighted by atomic mass is 32.2. The van der Waals surface area contributed by atoms with Gasteiger partial charge in [0.15, 0.2) is 5.65 Å². The minimum atomic E-state index is -1.03. The molecule has 102 valence electrons. The fraction of sp³-hybridized carbons (Fsp3) is 0.417. The molecule has 2 aromatic heterocycles. The molecule has 2 heterocycles. The SMILES string of the molecule is CC(O)C(C)Sc1c(C(=O)O)cnc2c1cnn2C. The maximum absolute atomic E-state index is 11.3. The van der Waals surface area contributed by atoms with Crippen molar-refractivity contribution in [3.8, 4) is 0 Å². The van der Waals surface area contributed by atoms with Crippen LogP contribution in [0.3, 0.4) is 0 Å². The summed E-state index contributed by atoms with van der Waals surface area (Å²) in [5.41, 5.74) is 0.767. The number of carboxylic acids is 1. The first kappa shape index (κ1) is 13.8. The molecule has 2 aromatic rings. The number of aryl methyl sites for hydroxylation is 1. The lowest BCUT2D eigenvalue weighted by Gasteiger charge is -2.15. The van der Waals surface area contributed by atoms with E-state index < -0.39 is 12.1 Å². The Labute approximate surface area is 114 Å². The lowest BCUT2D eigenvalue weighted by molar-refractivity contribution is 0.0693. The molecule has 0 saturated heterocycles. The highest BCUT2D eigenvalue weighted by Crippen LogP contribution is 2.34. The van der Waals surface area contributed by atoms with Gasteiger partial charge in [0.2, 0.25) is 0 Å². The van der Waals surface area contributed by atoms with Crippen molar-refractivity contribution in [1.29, 1.82) is 0 Å². The standard InChI is InChI=1S/C12H15N3O3S/c1-6(16)7(2)19-10-8-5-14-15(3)11(8)13-4-9(10)12(17)18/h4-7,16H,1-3H3,(H,17,18). The van der Waals surface area contributed by atoms with Crippen LogP contribution in [0.15, 0.2) is 17.3 Å². The molecule has 0 amide bonds. The zero-order valence-corrected chi connectivity index (χ0v) is 11.7. The van der Waals surface area contributed by atoms with Crippen molar-refractivity contribution < 1.29 is 15.0 Å². The molecule has 0 radical (unpaired) electrons. The van der Waals surface area contributed by atoms with Crippen LogP contribution in [0.4, 0.5) is 0 Å². The molecule has 7 heteroatoms. The molecule has 2 unspecified atom stereocenters. The number of aromatic carboxylic acids is 1. The quantitative estimate of drug-likeness (QED) is 0.826. The summed E-state index contributed by atoms with van der Waals surface area (Å²) in [4.78, 5) is 16.0. The van der Waals surface area contributed by atoms with Crippen LogP contribution in [0.25, 0.3) is 11.0 Å². The molecule has 2 atom stereocenters. The predicted octanol–water partition coefficient (Wildman–Crippen LogP) is 1.53. The van der Waals surface area contributed by atoms with Gasteiger partial charge in [-0.15, -0.1) is 11.8 Å². The highest BCUT2D eigenvalue weighted by Gasteiger charge is 2.21. The first-order chi connectivity index (χ1) is 8.91. The summed E-state index contributed by atoms with van der Waals surface area (Å²) in [6.45, 7) is 3.53. The van der Waals surface area contributed by atoms with E-state index in [1.165, 1.54) is 18.0 Å². The van der Waals surface area contributed by atoms with Crippen molar-refractivity contribution in [2.75, 3.05) is 0 Å². The highest BCUT2D eigenvalue weighted by molar-refractivity contribution is 8.00. The number of carbonyl (C=O) groups is 1. The topological polar surface area (TPSA) is 88.2 Å². The van der Waals surface area contributed by atoms with E-state index in [1.807, 2.05) is 6.92 Å². The summed E-state index contributed by atoms with van der Waals surface area (Å²) < 4.78 is 1.60. The molecule has 2 rings (SSSR count). The second-order valence-corrected chi connectivity index (χ2v) is 5.76. The van der Waals surface area contributed by atoms with E-state index in [0.717, 1.165) is 0 Å². The molecule has 0 bridgehead atoms. The molecule has 0 spiro atoms. The second kappa shape index (κ2) is 5.18. The van der Waals surface area contributed by atoms with Gasteiger partial charge in [0.1, 0.15) is 0 Å².